The largest absolute Gasteiger partial charge is 0.451 e. The van der Waals surface area contributed by atoms with E-state index in [0.717, 1.165) is 19.4 Å². The SMILES string of the molecule is O=C(c1cc(=O)c2ccccc2o1)N1CCC(Cn2ccnc2)CC1. The predicted octanol–water partition coefficient (Wildman–Crippen LogP) is 2.54. The average molecular weight is 337 g/mol. The van der Waals surface area contributed by atoms with E-state index in [2.05, 4.69) is 9.55 Å². The first-order valence-corrected chi connectivity index (χ1v) is 8.48. The Morgan fingerprint density at radius 3 is 2.80 bits per heavy atom. The van der Waals surface area contributed by atoms with Gasteiger partial charge in [-0.1, -0.05) is 12.1 Å². The van der Waals surface area contributed by atoms with E-state index >= 15 is 0 Å². The zero-order valence-corrected chi connectivity index (χ0v) is 13.8. The molecule has 1 saturated heterocycles. The molecule has 6 heteroatoms. The molecule has 25 heavy (non-hydrogen) atoms. The minimum absolute atomic E-state index is 0.122. The number of fused-ring (bicyclic) bond motifs is 1. The van der Waals surface area contributed by atoms with E-state index in [1.807, 2.05) is 12.5 Å². The molecule has 0 spiro atoms. The van der Waals surface area contributed by atoms with Gasteiger partial charge in [-0.25, -0.2) is 4.98 Å². The molecule has 128 valence electrons. The van der Waals surface area contributed by atoms with Gasteiger partial charge in [0, 0.05) is 38.1 Å². The van der Waals surface area contributed by atoms with Crippen molar-refractivity contribution in [1.29, 1.82) is 0 Å². The van der Waals surface area contributed by atoms with Gasteiger partial charge >= 0.3 is 0 Å². The van der Waals surface area contributed by atoms with Crippen molar-refractivity contribution in [2.75, 3.05) is 13.1 Å². The molecule has 1 amide bonds. The van der Waals surface area contributed by atoms with E-state index < -0.39 is 0 Å². The third kappa shape index (κ3) is 3.20. The molecule has 0 aliphatic carbocycles. The van der Waals surface area contributed by atoms with Crippen LogP contribution in [0.5, 0.6) is 0 Å². The second-order valence-electron chi connectivity index (χ2n) is 6.47. The number of benzene rings is 1. The molecule has 3 aromatic rings. The minimum atomic E-state index is -0.205. The van der Waals surface area contributed by atoms with Crippen molar-refractivity contribution in [3.63, 3.8) is 0 Å². The maximum atomic E-state index is 12.7. The maximum absolute atomic E-state index is 12.7. The summed E-state index contributed by atoms with van der Waals surface area (Å²) in [4.78, 5) is 30.7. The number of likely N-dealkylation sites (tertiary alicyclic amines) is 1. The third-order valence-corrected chi connectivity index (χ3v) is 4.78. The van der Waals surface area contributed by atoms with Gasteiger partial charge in [0.05, 0.1) is 11.7 Å². The van der Waals surface area contributed by atoms with E-state index in [9.17, 15) is 9.59 Å². The van der Waals surface area contributed by atoms with Crippen molar-refractivity contribution in [3.05, 3.63) is 65.0 Å². The summed E-state index contributed by atoms with van der Waals surface area (Å²) in [5, 5.41) is 0.498. The van der Waals surface area contributed by atoms with Crippen LogP contribution in [-0.4, -0.2) is 33.4 Å². The topological polar surface area (TPSA) is 68.3 Å². The monoisotopic (exact) mass is 337 g/mol. The van der Waals surface area contributed by atoms with Crippen molar-refractivity contribution >= 4 is 16.9 Å². The highest BCUT2D eigenvalue weighted by atomic mass is 16.3. The fraction of sp³-hybridized carbons (Fsp3) is 0.316. The number of amides is 1. The van der Waals surface area contributed by atoms with Gasteiger partial charge in [0.1, 0.15) is 5.58 Å². The molecule has 4 rings (SSSR count). The number of nitrogens with zero attached hydrogens (tertiary/aromatic N) is 3. The van der Waals surface area contributed by atoms with Crippen LogP contribution in [0.1, 0.15) is 23.4 Å². The number of aromatic nitrogens is 2. The second-order valence-corrected chi connectivity index (χ2v) is 6.47. The Morgan fingerprint density at radius 1 is 1.24 bits per heavy atom. The van der Waals surface area contributed by atoms with Crippen LogP contribution in [0, 0.1) is 5.92 Å². The van der Waals surface area contributed by atoms with Gasteiger partial charge in [-0.05, 0) is 30.9 Å². The summed E-state index contributed by atoms with van der Waals surface area (Å²) in [5.74, 6) is 0.447. The van der Waals surface area contributed by atoms with Crippen molar-refractivity contribution < 1.29 is 9.21 Å². The van der Waals surface area contributed by atoms with Crippen molar-refractivity contribution in [2.24, 2.45) is 5.92 Å². The van der Waals surface area contributed by atoms with E-state index in [1.54, 1.807) is 35.4 Å². The molecule has 3 heterocycles. The first-order valence-electron chi connectivity index (χ1n) is 8.48. The van der Waals surface area contributed by atoms with Crippen LogP contribution in [0.25, 0.3) is 11.0 Å². The lowest BCUT2D eigenvalue weighted by Crippen LogP contribution is -2.39. The molecule has 1 aromatic carbocycles. The lowest BCUT2D eigenvalue weighted by molar-refractivity contribution is 0.0651. The highest BCUT2D eigenvalue weighted by Crippen LogP contribution is 2.21. The number of para-hydroxylation sites is 1. The predicted molar refractivity (Wildman–Crippen MR) is 93.3 cm³/mol. The Hall–Kier alpha value is -2.89. The Balaban J connectivity index is 1.46. The summed E-state index contributed by atoms with van der Waals surface area (Å²) in [6.07, 6.45) is 7.42. The molecule has 1 aliphatic rings. The van der Waals surface area contributed by atoms with Crippen LogP contribution in [0.2, 0.25) is 0 Å². The van der Waals surface area contributed by atoms with Crippen LogP contribution >= 0.6 is 0 Å². The van der Waals surface area contributed by atoms with E-state index in [4.69, 9.17) is 4.42 Å². The number of hydrogen-bond acceptors (Lipinski definition) is 4. The van der Waals surface area contributed by atoms with Gasteiger partial charge in [0.25, 0.3) is 5.91 Å². The highest BCUT2D eigenvalue weighted by Gasteiger charge is 2.25. The van der Waals surface area contributed by atoms with Gasteiger partial charge in [0.15, 0.2) is 11.2 Å². The Labute approximate surface area is 144 Å². The Kier molecular flexibility index (Phi) is 4.09. The number of hydrogen-bond donors (Lipinski definition) is 0. The van der Waals surface area contributed by atoms with Gasteiger partial charge in [-0.3, -0.25) is 9.59 Å². The number of imidazole rings is 1. The third-order valence-electron chi connectivity index (χ3n) is 4.78. The van der Waals surface area contributed by atoms with Crippen LogP contribution in [0.3, 0.4) is 0 Å². The number of piperidine rings is 1. The maximum Gasteiger partial charge on any atom is 0.289 e. The van der Waals surface area contributed by atoms with Gasteiger partial charge in [-0.2, -0.15) is 0 Å². The Bertz CT molecular complexity index is 938. The van der Waals surface area contributed by atoms with Crippen molar-refractivity contribution in [1.82, 2.24) is 14.5 Å². The molecule has 0 unspecified atom stereocenters. The summed E-state index contributed by atoms with van der Waals surface area (Å²) in [5.41, 5.74) is 0.272. The molecule has 1 fully saturated rings. The average Bonchev–Trinajstić information content (AvgIpc) is 3.15. The fourth-order valence-corrected chi connectivity index (χ4v) is 3.38. The van der Waals surface area contributed by atoms with Crippen LogP contribution in [0.4, 0.5) is 0 Å². The molecule has 1 aliphatic heterocycles. The number of rotatable bonds is 3. The lowest BCUT2D eigenvalue weighted by atomic mass is 9.96. The zero-order valence-electron chi connectivity index (χ0n) is 13.8. The quantitative estimate of drug-likeness (QED) is 0.736. The van der Waals surface area contributed by atoms with E-state index in [-0.39, 0.29) is 17.1 Å². The normalized spacial score (nSPS) is 15.6. The van der Waals surface area contributed by atoms with E-state index in [1.165, 1.54) is 6.07 Å². The molecular weight excluding hydrogens is 318 g/mol. The second kappa shape index (κ2) is 6.55. The van der Waals surface area contributed by atoms with E-state index in [0.29, 0.717) is 30.0 Å². The molecule has 6 nitrogen and oxygen atoms in total. The molecule has 0 radical (unpaired) electrons. The summed E-state index contributed by atoms with van der Waals surface area (Å²) < 4.78 is 7.74. The standard InChI is InChI=1S/C19H19N3O3/c23-16-11-18(25-17-4-2-1-3-15(16)17)19(24)22-8-5-14(6-9-22)12-21-10-7-20-13-21/h1-4,7,10-11,13-14H,5-6,8-9,12H2. The van der Waals surface area contributed by atoms with Crippen molar-refractivity contribution in [3.8, 4) is 0 Å². The van der Waals surface area contributed by atoms with Crippen LogP contribution < -0.4 is 5.43 Å². The molecule has 2 aromatic heterocycles. The zero-order chi connectivity index (χ0) is 17.2. The lowest BCUT2D eigenvalue weighted by Gasteiger charge is -2.31. The Morgan fingerprint density at radius 2 is 2.04 bits per heavy atom. The van der Waals surface area contributed by atoms with Gasteiger partial charge in [-0.15, -0.1) is 0 Å². The van der Waals surface area contributed by atoms with Crippen LogP contribution in [0.15, 0.2) is 58.3 Å². The molecule has 0 bridgehead atoms. The molecule has 0 atom stereocenters. The van der Waals surface area contributed by atoms with Gasteiger partial charge in [0.2, 0.25) is 0 Å². The first-order chi connectivity index (χ1) is 12.2. The molecular formula is C19H19N3O3. The van der Waals surface area contributed by atoms with Crippen molar-refractivity contribution in [2.45, 2.75) is 19.4 Å². The summed E-state index contributed by atoms with van der Waals surface area (Å²) in [6, 6.07) is 8.30. The summed E-state index contributed by atoms with van der Waals surface area (Å²) in [6.45, 7) is 2.27. The fourth-order valence-electron chi connectivity index (χ4n) is 3.38. The summed E-state index contributed by atoms with van der Waals surface area (Å²) >= 11 is 0. The molecule has 0 saturated carbocycles. The highest BCUT2D eigenvalue weighted by molar-refractivity contribution is 5.93. The minimum Gasteiger partial charge on any atom is -0.451 e. The van der Waals surface area contributed by atoms with Crippen LogP contribution in [-0.2, 0) is 6.54 Å². The number of carbonyl (C=O) groups is 1. The summed E-state index contributed by atoms with van der Waals surface area (Å²) in [7, 11) is 0. The smallest absolute Gasteiger partial charge is 0.289 e. The first kappa shape index (κ1) is 15.6. The molecule has 0 N–H and O–H groups in total. The van der Waals surface area contributed by atoms with Gasteiger partial charge < -0.3 is 13.9 Å². The number of carbonyl (C=O) groups excluding carboxylic acids is 1.